The van der Waals surface area contributed by atoms with E-state index in [1.165, 1.54) is 4.31 Å². The fraction of sp³-hybridized carbons (Fsp3) is 0.909. The highest BCUT2D eigenvalue weighted by molar-refractivity contribution is 7.89. The number of hydrogen-bond acceptors (Lipinski definition) is 3. The quantitative estimate of drug-likeness (QED) is 0.732. The number of amides is 1. The SMILES string of the molecule is CCS(=O)(=O)N1CCC(C(=O)N2CCCC2)C1. The minimum Gasteiger partial charge on any atom is -0.342 e. The van der Waals surface area contributed by atoms with Gasteiger partial charge in [-0.3, -0.25) is 4.79 Å². The molecule has 5 nitrogen and oxygen atoms in total. The van der Waals surface area contributed by atoms with Gasteiger partial charge in [-0.25, -0.2) is 12.7 Å². The van der Waals surface area contributed by atoms with E-state index in [9.17, 15) is 13.2 Å². The highest BCUT2D eigenvalue weighted by atomic mass is 32.2. The molecule has 6 heteroatoms. The minimum atomic E-state index is -3.13. The molecule has 0 N–H and O–H groups in total. The second-order valence-corrected chi connectivity index (χ2v) is 7.03. The molecular weight excluding hydrogens is 240 g/mol. The van der Waals surface area contributed by atoms with E-state index in [4.69, 9.17) is 0 Å². The molecule has 2 aliphatic heterocycles. The van der Waals surface area contributed by atoms with Crippen molar-refractivity contribution in [3.05, 3.63) is 0 Å². The van der Waals surface area contributed by atoms with Gasteiger partial charge in [0.25, 0.3) is 0 Å². The Balaban J connectivity index is 1.95. The summed E-state index contributed by atoms with van der Waals surface area (Å²) < 4.78 is 24.8. The highest BCUT2D eigenvalue weighted by Gasteiger charge is 2.36. The summed E-state index contributed by atoms with van der Waals surface area (Å²) in [7, 11) is -3.13. The first-order valence-corrected chi connectivity index (χ1v) is 7.92. The lowest BCUT2D eigenvalue weighted by molar-refractivity contribution is -0.133. The molecule has 17 heavy (non-hydrogen) atoms. The largest absolute Gasteiger partial charge is 0.342 e. The van der Waals surface area contributed by atoms with Gasteiger partial charge in [-0.2, -0.15) is 0 Å². The Kier molecular flexibility index (Phi) is 3.73. The molecule has 0 radical (unpaired) electrons. The van der Waals surface area contributed by atoms with E-state index in [1.807, 2.05) is 4.90 Å². The summed E-state index contributed by atoms with van der Waals surface area (Å²) in [5.41, 5.74) is 0. The summed E-state index contributed by atoms with van der Waals surface area (Å²) in [6.45, 7) is 4.21. The van der Waals surface area contributed by atoms with Gasteiger partial charge in [0.2, 0.25) is 15.9 Å². The molecule has 0 aromatic carbocycles. The summed E-state index contributed by atoms with van der Waals surface area (Å²) >= 11 is 0. The zero-order valence-corrected chi connectivity index (χ0v) is 11.1. The van der Waals surface area contributed by atoms with Crippen molar-refractivity contribution in [1.29, 1.82) is 0 Å². The van der Waals surface area contributed by atoms with Gasteiger partial charge in [0.1, 0.15) is 0 Å². The Labute approximate surface area is 103 Å². The Bertz CT molecular complexity index is 388. The van der Waals surface area contributed by atoms with E-state index in [1.54, 1.807) is 6.92 Å². The summed E-state index contributed by atoms with van der Waals surface area (Å²) in [5, 5.41) is 0. The molecule has 1 atom stereocenters. The average Bonchev–Trinajstić information content (AvgIpc) is 2.99. The van der Waals surface area contributed by atoms with Crippen LogP contribution in [-0.2, 0) is 14.8 Å². The Morgan fingerprint density at radius 1 is 1.24 bits per heavy atom. The van der Waals surface area contributed by atoms with Crippen LogP contribution in [0.3, 0.4) is 0 Å². The number of nitrogens with zero attached hydrogens (tertiary/aromatic N) is 2. The van der Waals surface area contributed by atoms with Crippen molar-refractivity contribution in [1.82, 2.24) is 9.21 Å². The topological polar surface area (TPSA) is 57.7 Å². The fourth-order valence-corrected chi connectivity index (χ4v) is 3.72. The summed E-state index contributed by atoms with van der Waals surface area (Å²) in [4.78, 5) is 14.0. The van der Waals surface area contributed by atoms with Crippen LogP contribution in [-0.4, -0.2) is 55.5 Å². The zero-order chi connectivity index (χ0) is 12.5. The van der Waals surface area contributed by atoms with Crippen LogP contribution in [0.15, 0.2) is 0 Å². The van der Waals surface area contributed by atoms with Crippen LogP contribution in [0.4, 0.5) is 0 Å². The first-order valence-electron chi connectivity index (χ1n) is 6.31. The molecule has 0 bridgehead atoms. The Morgan fingerprint density at radius 2 is 1.88 bits per heavy atom. The maximum atomic E-state index is 12.1. The molecule has 0 aromatic heterocycles. The molecule has 2 saturated heterocycles. The smallest absolute Gasteiger partial charge is 0.227 e. The van der Waals surface area contributed by atoms with Gasteiger partial charge in [-0.05, 0) is 26.2 Å². The molecule has 0 aliphatic carbocycles. The molecule has 2 fully saturated rings. The molecular formula is C11H20N2O3S. The van der Waals surface area contributed by atoms with Crippen LogP contribution in [0.1, 0.15) is 26.2 Å². The van der Waals surface area contributed by atoms with Gasteiger partial charge in [0.15, 0.2) is 0 Å². The number of hydrogen-bond donors (Lipinski definition) is 0. The third-order valence-corrected chi connectivity index (χ3v) is 5.52. The monoisotopic (exact) mass is 260 g/mol. The van der Waals surface area contributed by atoms with Crippen molar-refractivity contribution in [2.75, 3.05) is 31.9 Å². The van der Waals surface area contributed by atoms with Gasteiger partial charge < -0.3 is 4.90 Å². The predicted octanol–water partition coefficient (Wildman–Crippen LogP) is 0.280. The van der Waals surface area contributed by atoms with Crippen molar-refractivity contribution in [3.8, 4) is 0 Å². The molecule has 0 spiro atoms. The molecule has 1 unspecified atom stereocenters. The van der Waals surface area contributed by atoms with Gasteiger partial charge >= 0.3 is 0 Å². The van der Waals surface area contributed by atoms with E-state index in [2.05, 4.69) is 0 Å². The van der Waals surface area contributed by atoms with Crippen molar-refractivity contribution < 1.29 is 13.2 Å². The van der Waals surface area contributed by atoms with Crippen LogP contribution in [0.25, 0.3) is 0 Å². The van der Waals surface area contributed by atoms with Crippen molar-refractivity contribution in [3.63, 3.8) is 0 Å². The van der Waals surface area contributed by atoms with Crippen molar-refractivity contribution in [2.45, 2.75) is 26.2 Å². The number of carbonyl (C=O) groups is 1. The second-order valence-electron chi connectivity index (χ2n) is 4.78. The lowest BCUT2D eigenvalue weighted by atomic mass is 10.1. The molecule has 0 saturated carbocycles. The molecule has 2 heterocycles. The fourth-order valence-electron chi connectivity index (χ4n) is 2.56. The third-order valence-electron chi connectivity index (χ3n) is 3.68. The predicted molar refractivity (Wildman–Crippen MR) is 65.0 cm³/mol. The van der Waals surface area contributed by atoms with E-state index in [0.717, 1.165) is 25.9 Å². The normalized spacial score (nSPS) is 26.6. The summed E-state index contributed by atoms with van der Waals surface area (Å²) in [6.07, 6.45) is 2.83. The number of carbonyl (C=O) groups excluding carboxylic acids is 1. The van der Waals surface area contributed by atoms with E-state index in [0.29, 0.717) is 19.5 Å². The lowest BCUT2D eigenvalue weighted by Gasteiger charge is -2.20. The van der Waals surface area contributed by atoms with Gasteiger partial charge in [-0.1, -0.05) is 0 Å². The van der Waals surface area contributed by atoms with Crippen LogP contribution >= 0.6 is 0 Å². The Morgan fingerprint density at radius 3 is 2.47 bits per heavy atom. The molecule has 2 rings (SSSR count). The van der Waals surface area contributed by atoms with E-state index >= 15 is 0 Å². The second kappa shape index (κ2) is 4.94. The molecule has 2 aliphatic rings. The van der Waals surface area contributed by atoms with Crippen molar-refractivity contribution in [2.24, 2.45) is 5.92 Å². The molecule has 0 aromatic rings. The first-order chi connectivity index (χ1) is 8.04. The lowest BCUT2D eigenvalue weighted by Crippen LogP contribution is -2.36. The number of sulfonamides is 1. The summed E-state index contributed by atoms with van der Waals surface area (Å²) in [6, 6.07) is 0. The first kappa shape index (κ1) is 12.8. The van der Waals surface area contributed by atoms with Crippen molar-refractivity contribution >= 4 is 15.9 Å². The molecule has 1 amide bonds. The number of likely N-dealkylation sites (tertiary alicyclic amines) is 1. The highest BCUT2D eigenvalue weighted by Crippen LogP contribution is 2.23. The number of rotatable bonds is 3. The van der Waals surface area contributed by atoms with Crippen LogP contribution in [0.5, 0.6) is 0 Å². The minimum absolute atomic E-state index is 0.116. The average molecular weight is 260 g/mol. The van der Waals surface area contributed by atoms with Gasteiger partial charge in [0, 0.05) is 26.2 Å². The van der Waals surface area contributed by atoms with E-state index in [-0.39, 0.29) is 17.6 Å². The van der Waals surface area contributed by atoms with Gasteiger partial charge in [-0.15, -0.1) is 0 Å². The maximum absolute atomic E-state index is 12.1. The summed E-state index contributed by atoms with van der Waals surface area (Å²) in [5.74, 6) is 0.156. The van der Waals surface area contributed by atoms with Crippen LogP contribution < -0.4 is 0 Å². The third kappa shape index (κ3) is 2.63. The Hall–Kier alpha value is -0.620. The zero-order valence-electron chi connectivity index (χ0n) is 10.3. The van der Waals surface area contributed by atoms with Crippen LogP contribution in [0, 0.1) is 5.92 Å². The maximum Gasteiger partial charge on any atom is 0.227 e. The molecule has 98 valence electrons. The van der Waals surface area contributed by atoms with E-state index < -0.39 is 10.0 Å². The van der Waals surface area contributed by atoms with Crippen LogP contribution in [0.2, 0.25) is 0 Å². The van der Waals surface area contributed by atoms with Gasteiger partial charge in [0.05, 0.1) is 11.7 Å². The standard InChI is InChI=1S/C11H20N2O3S/c1-2-17(15,16)13-8-5-10(9-13)11(14)12-6-3-4-7-12/h10H,2-9H2,1H3.